The lowest BCUT2D eigenvalue weighted by Gasteiger charge is -2.08. The highest BCUT2D eigenvalue weighted by Gasteiger charge is 2.16. The molecule has 0 spiro atoms. The summed E-state index contributed by atoms with van der Waals surface area (Å²) in [5.74, 6) is 1.96. The molecule has 0 atom stereocenters. The van der Waals surface area contributed by atoms with E-state index in [-0.39, 0.29) is 0 Å². The van der Waals surface area contributed by atoms with Crippen LogP contribution in [0.15, 0.2) is 4.52 Å². The first-order valence-electron chi connectivity index (χ1n) is 5.84. The van der Waals surface area contributed by atoms with Crippen LogP contribution in [0.1, 0.15) is 57.2 Å². The van der Waals surface area contributed by atoms with Gasteiger partial charge in [0.05, 0.1) is 0 Å². The maximum Gasteiger partial charge on any atom is 0.229 e. The quantitative estimate of drug-likeness (QED) is 0.751. The van der Waals surface area contributed by atoms with E-state index in [0.717, 1.165) is 37.4 Å². The minimum Gasteiger partial charge on any atom is -0.339 e. The summed E-state index contributed by atoms with van der Waals surface area (Å²) >= 11 is 0. The van der Waals surface area contributed by atoms with Gasteiger partial charge in [-0.05, 0) is 19.4 Å². The van der Waals surface area contributed by atoms with E-state index in [1.54, 1.807) is 0 Å². The average Bonchev–Trinajstić information content (AvgIpc) is 2.67. The van der Waals surface area contributed by atoms with Gasteiger partial charge in [0, 0.05) is 12.3 Å². The Kier molecular flexibility index (Phi) is 5.32. The Balaban J connectivity index is 2.63. The van der Waals surface area contributed by atoms with Crippen LogP contribution in [0.25, 0.3) is 0 Å². The van der Waals surface area contributed by atoms with Gasteiger partial charge in [0.2, 0.25) is 5.89 Å². The van der Waals surface area contributed by atoms with Gasteiger partial charge in [-0.25, -0.2) is 0 Å². The summed E-state index contributed by atoms with van der Waals surface area (Å²) in [5, 5.41) is 3.93. The molecule has 0 unspecified atom stereocenters. The molecule has 0 amide bonds. The van der Waals surface area contributed by atoms with E-state index >= 15 is 0 Å². The van der Waals surface area contributed by atoms with Crippen molar-refractivity contribution in [1.82, 2.24) is 10.1 Å². The van der Waals surface area contributed by atoms with Crippen LogP contribution < -0.4 is 5.73 Å². The van der Waals surface area contributed by atoms with Gasteiger partial charge in [-0.1, -0.05) is 31.8 Å². The van der Waals surface area contributed by atoms with Crippen LogP contribution in [-0.4, -0.2) is 16.7 Å². The highest BCUT2D eigenvalue weighted by Crippen LogP contribution is 2.24. The molecule has 1 aromatic heterocycles. The molecule has 0 saturated carbocycles. The largest absolute Gasteiger partial charge is 0.339 e. The fourth-order valence-corrected chi connectivity index (χ4v) is 1.75. The predicted molar refractivity (Wildman–Crippen MR) is 59.6 cm³/mol. The van der Waals surface area contributed by atoms with E-state index in [9.17, 15) is 0 Å². The summed E-state index contributed by atoms with van der Waals surface area (Å²) in [6.45, 7) is 4.94. The normalized spacial score (nSPS) is 11.2. The molecule has 15 heavy (non-hydrogen) atoms. The van der Waals surface area contributed by atoms with Gasteiger partial charge in [0.15, 0.2) is 5.82 Å². The average molecular weight is 211 g/mol. The topological polar surface area (TPSA) is 64.9 Å². The van der Waals surface area contributed by atoms with Gasteiger partial charge in [-0.3, -0.25) is 0 Å². The predicted octanol–water partition coefficient (Wildman–Crippen LogP) is 2.25. The minimum absolute atomic E-state index is 0.430. The van der Waals surface area contributed by atoms with E-state index in [0.29, 0.717) is 18.9 Å². The Bertz CT molecular complexity index is 267. The van der Waals surface area contributed by atoms with Crippen molar-refractivity contribution in [2.24, 2.45) is 5.73 Å². The molecular weight excluding hydrogens is 190 g/mol. The first kappa shape index (κ1) is 12.2. The Morgan fingerprint density at radius 3 is 2.47 bits per heavy atom. The molecule has 4 heteroatoms. The van der Waals surface area contributed by atoms with Gasteiger partial charge in [-0.15, -0.1) is 0 Å². The van der Waals surface area contributed by atoms with Gasteiger partial charge < -0.3 is 10.3 Å². The fraction of sp³-hybridized carbons (Fsp3) is 0.818. The van der Waals surface area contributed by atoms with Crippen molar-refractivity contribution in [2.45, 2.75) is 51.9 Å². The van der Waals surface area contributed by atoms with E-state index in [2.05, 4.69) is 24.0 Å². The second-order valence-electron chi connectivity index (χ2n) is 3.86. The third kappa shape index (κ3) is 3.63. The number of rotatable bonds is 7. The van der Waals surface area contributed by atoms with Crippen molar-refractivity contribution in [3.8, 4) is 0 Å². The summed E-state index contributed by atoms with van der Waals surface area (Å²) in [5.41, 5.74) is 5.44. The molecule has 86 valence electrons. The van der Waals surface area contributed by atoms with Crippen molar-refractivity contribution in [1.29, 1.82) is 0 Å². The monoisotopic (exact) mass is 211 g/mol. The van der Waals surface area contributed by atoms with Gasteiger partial charge in [0.25, 0.3) is 0 Å². The molecule has 0 fully saturated rings. The van der Waals surface area contributed by atoms with Crippen LogP contribution in [0.5, 0.6) is 0 Å². The van der Waals surface area contributed by atoms with E-state index in [1.165, 1.54) is 0 Å². The number of nitrogens with two attached hydrogens (primary N) is 1. The molecule has 2 N–H and O–H groups in total. The van der Waals surface area contributed by atoms with E-state index in [4.69, 9.17) is 10.3 Å². The van der Waals surface area contributed by atoms with Crippen LogP contribution in [0.3, 0.4) is 0 Å². The summed E-state index contributed by atoms with van der Waals surface area (Å²) in [6, 6.07) is 0. The first-order valence-corrected chi connectivity index (χ1v) is 5.84. The Hall–Kier alpha value is -0.900. The van der Waals surface area contributed by atoms with Gasteiger partial charge >= 0.3 is 0 Å². The van der Waals surface area contributed by atoms with Gasteiger partial charge in [-0.2, -0.15) is 4.98 Å². The van der Waals surface area contributed by atoms with Crippen LogP contribution in [0.4, 0.5) is 0 Å². The number of hydrogen-bond acceptors (Lipinski definition) is 4. The molecule has 1 heterocycles. The number of nitrogens with zero attached hydrogens (tertiary/aromatic N) is 2. The molecule has 0 aliphatic carbocycles. The van der Waals surface area contributed by atoms with Crippen molar-refractivity contribution in [2.75, 3.05) is 6.54 Å². The molecule has 0 bridgehead atoms. The number of aromatic nitrogens is 2. The summed E-state index contributed by atoms with van der Waals surface area (Å²) in [4.78, 5) is 4.38. The zero-order valence-corrected chi connectivity index (χ0v) is 9.70. The standard InChI is InChI=1S/C11H21N3O/c1-3-5-9(6-4-2)11-13-10(7-8-12)14-15-11/h9H,3-8,12H2,1-2H3. The fourth-order valence-electron chi connectivity index (χ4n) is 1.75. The highest BCUT2D eigenvalue weighted by atomic mass is 16.5. The molecule has 4 nitrogen and oxygen atoms in total. The van der Waals surface area contributed by atoms with Crippen molar-refractivity contribution in [3.05, 3.63) is 11.7 Å². The summed E-state index contributed by atoms with van der Waals surface area (Å²) in [6.07, 6.45) is 5.25. The summed E-state index contributed by atoms with van der Waals surface area (Å²) in [7, 11) is 0. The molecule has 0 saturated heterocycles. The Morgan fingerprint density at radius 1 is 1.27 bits per heavy atom. The van der Waals surface area contributed by atoms with Crippen LogP contribution >= 0.6 is 0 Å². The van der Waals surface area contributed by atoms with Gasteiger partial charge in [0.1, 0.15) is 0 Å². The highest BCUT2D eigenvalue weighted by molar-refractivity contribution is 4.94. The smallest absolute Gasteiger partial charge is 0.229 e. The molecule has 1 aromatic rings. The first-order chi connectivity index (χ1) is 7.31. The van der Waals surface area contributed by atoms with Crippen molar-refractivity contribution < 1.29 is 4.52 Å². The lowest BCUT2D eigenvalue weighted by Crippen LogP contribution is -2.04. The molecule has 0 aliphatic heterocycles. The Labute approximate surface area is 91.2 Å². The maximum atomic E-state index is 5.44. The molecule has 0 radical (unpaired) electrons. The second-order valence-corrected chi connectivity index (χ2v) is 3.86. The lowest BCUT2D eigenvalue weighted by atomic mass is 9.98. The summed E-state index contributed by atoms with van der Waals surface area (Å²) < 4.78 is 5.27. The SMILES string of the molecule is CCCC(CCC)c1nc(CCN)no1. The zero-order chi connectivity index (χ0) is 11.1. The van der Waals surface area contributed by atoms with E-state index in [1.807, 2.05) is 0 Å². The van der Waals surface area contributed by atoms with Crippen LogP contribution in [0, 0.1) is 0 Å². The third-order valence-electron chi connectivity index (χ3n) is 2.48. The second kappa shape index (κ2) is 6.56. The van der Waals surface area contributed by atoms with Crippen LogP contribution in [0.2, 0.25) is 0 Å². The molecular formula is C11H21N3O. The minimum atomic E-state index is 0.430. The van der Waals surface area contributed by atoms with E-state index < -0.39 is 0 Å². The van der Waals surface area contributed by atoms with Crippen molar-refractivity contribution in [3.63, 3.8) is 0 Å². The molecule has 1 rings (SSSR count). The van der Waals surface area contributed by atoms with Crippen molar-refractivity contribution >= 4 is 0 Å². The third-order valence-corrected chi connectivity index (χ3v) is 2.48. The maximum absolute atomic E-state index is 5.44. The Morgan fingerprint density at radius 2 is 1.93 bits per heavy atom. The lowest BCUT2D eigenvalue weighted by molar-refractivity contribution is 0.334. The molecule has 0 aliphatic rings. The zero-order valence-electron chi connectivity index (χ0n) is 9.70. The molecule has 0 aromatic carbocycles. The van der Waals surface area contributed by atoms with Crippen LogP contribution in [-0.2, 0) is 6.42 Å². The number of hydrogen-bond donors (Lipinski definition) is 1.